The SMILES string of the molecule is Cc1cnc(C(=O)N2CCCC(CO)(CCc3ccccc3)C2)cn1. The van der Waals surface area contributed by atoms with Crippen molar-refractivity contribution in [1.29, 1.82) is 0 Å². The summed E-state index contributed by atoms with van der Waals surface area (Å²) in [6.45, 7) is 3.23. The number of piperidine rings is 1. The highest BCUT2D eigenvalue weighted by Crippen LogP contribution is 2.34. The number of nitrogens with zero attached hydrogens (tertiary/aromatic N) is 3. The van der Waals surface area contributed by atoms with Crippen LogP contribution in [0, 0.1) is 12.3 Å². The van der Waals surface area contributed by atoms with E-state index >= 15 is 0 Å². The van der Waals surface area contributed by atoms with Crippen molar-refractivity contribution in [1.82, 2.24) is 14.9 Å². The monoisotopic (exact) mass is 339 g/mol. The van der Waals surface area contributed by atoms with Crippen LogP contribution in [0.2, 0.25) is 0 Å². The number of carbonyl (C=O) groups is 1. The molecule has 1 amide bonds. The van der Waals surface area contributed by atoms with Crippen molar-refractivity contribution < 1.29 is 9.90 Å². The van der Waals surface area contributed by atoms with Crippen LogP contribution in [0.1, 0.15) is 41.0 Å². The van der Waals surface area contributed by atoms with Gasteiger partial charge in [-0.25, -0.2) is 4.98 Å². The number of likely N-dealkylation sites (tertiary alicyclic amines) is 1. The molecule has 1 unspecified atom stereocenters. The lowest BCUT2D eigenvalue weighted by Gasteiger charge is -2.42. The predicted octanol–water partition coefficient (Wildman–Crippen LogP) is 2.63. The van der Waals surface area contributed by atoms with Gasteiger partial charge in [0.1, 0.15) is 5.69 Å². The van der Waals surface area contributed by atoms with E-state index in [1.54, 1.807) is 6.20 Å². The van der Waals surface area contributed by atoms with Crippen LogP contribution < -0.4 is 0 Å². The number of rotatable bonds is 5. The fourth-order valence-electron chi connectivity index (χ4n) is 3.51. The highest BCUT2D eigenvalue weighted by molar-refractivity contribution is 5.92. The van der Waals surface area contributed by atoms with Gasteiger partial charge in [-0.15, -0.1) is 0 Å². The van der Waals surface area contributed by atoms with Crippen molar-refractivity contribution in [2.24, 2.45) is 5.41 Å². The molecule has 0 saturated carbocycles. The van der Waals surface area contributed by atoms with Crippen LogP contribution in [0.3, 0.4) is 0 Å². The molecule has 1 aromatic heterocycles. The van der Waals surface area contributed by atoms with E-state index < -0.39 is 0 Å². The Morgan fingerprint density at radius 2 is 2.04 bits per heavy atom. The summed E-state index contributed by atoms with van der Waals surface area (Å²) < 4.78 is 0. The second-order valence-corrected chi connectivity index (χ2v) is 7.02. The van der Waals surface area contributed by atoms with E-state index in [2.05, 4.69) is 22.1 Å². The van der Waals surface area contributed by atoms with Crippen LogP contribution >= 0.6 is 0 Å². The van der Waals surface area contributed by atoms with E-state index in [-0.39, 0.29) is 17.9 Å². The summed E-state index contributed by atoms with van der Waals surface area (Å²) in [5.41, 5.74) is 2.20. The lowest BCUT2D eigenvalue weighted by atomic mass is 9.76. The highest BCUT2D eigenvalue weighted by atomic mass is 16.3. The van der Waals surface area contributed by atoms with Crippen molar-refractivity contribution in [2.45, 2.75) is 32.6 Å². The number of aliphatic hydroxyl groups is 1. The zero-order valence-corrected chi connectivity index (χ0v) is 14.7. The third-order valence-electron chi connectivity index (χ3n) is 5.07. The maximum absolute atomic E-state index is 12.7. The average Bonchev–Trinajstić information content (AvgIpc) is 2.67. The lowest BCUT2D eigenvalue weighted by Crippen LogP contribution is -2.48. The number of hydrogen-bond donors (Lipinski definition) is 1. The molecule has 1 aromatic carbocycles. The topological polar surface area (TPSA) is 66.3 Å². The van der Waals surface area contributed by atoms with Crippen LogP contribution in [0.5, 0.6) is 0 Å². The van der Waals surface area contributed by atoms with Gasteiger partial charge in [0, 0.05) is 24.7 Å². The van der Waals surface area contributed by atoms with E-state index in [1.807, 2.05) is 30.0 Å². The van der Waals surface area contributed by atoms with Gasteiger partial charge >= 0.3 is 0 Å². The van der Waals surface area contributed by atoms with Crippen LogP contribution in [0.15, 0.2) is 42.7 Å². The molecule has 5 nitrogen and oxygen atoms in total. The van der Waals surface area contributed by atoms with Gasteiger partial charge in [-0.1, -0.05) is 30.3 Å². The van der Waals surface area contributed by atoms with Crippen LogP contribution in [-0.4, -0.2) is 45.6 Å². The second kappa shape index (κ2) is 7.74. The molecule has 1 aliphatic heterocycles. The minimum Gasteiger partial charge on any atom is -0.396 e. The van der Waals surface area contributed by atoms with Gasteiger partial charge in [-0.05, 0) is 38.2 Å². The quantitative estimate of drug-likeness (QED) is 0.909. The smallest absolute Gasteiger partial charge is 0.274 e. The maximum Gasteiger partial charge on any atom is 0.274 e. The minimum atomic E-state index is -0.234. The van der Waals surface area contributed by atoms with Crippen LogP contribution in [0.4, 0.5) is 0 Å². The van der Waals surface area contributed by atoms with Crippen molar-refractivity contribution in [2.75, 3.05) is 19.7 Å². The molecule has 0 aliphatic carbocycles. The Morgan fingerprint density at radius 1 is 1.24 bits per heavy atom. The Bertz CT molecular complexity index is 703. The molecule has 0 bridgehead atoms. The first-order chi connectivity index (χ1) is 12.1. The van der Waals surface area contributed by atoms with Crippen molar-refractivity contribution in [3.05, 3.63) is 59.7 Å². The molecule has 25 heavy (non-hydrogen) atoms. The number of carbonyl (C=O) groups excluding carboxylic acids is 1. The molecule has 1 saturated heterocycles. The molecule has 1 N–H and O–H groups in total. The second-order valence-electron chi connectivity index (χ2n) is 7.02. The number of aromatic nitrogens is 2. The summed E-state index contributed by atoms with van der Waals surface area (Å²) >= 11 is 0. The molecule has 132 valence electrons. The minimum absolute atomic E-state index is 0.0928. The Kier molecular flexibility index (Phi) is 5.43. The number of amides is 1. The summed E-state index contributed by atoms with van der Waals surface area (Å²) in [7, 11) is 0. The zero-order chi connectivity index (χ0) is 17.7. The molecule has 0 spiro atoms. The molecular formula is C20H25N3O2. The summed E-state index contributed by atoms with van der Waals surface area (Å²) in [5, 5.41) is 10.1. The van der Waals surface area contributed by atoms with Crippen LogP contribution in [-0.2, 0) is 6.42 Å². The molecule has 0 radical (unpaired) electrons. The molecule has 5 heteroatoms. The van der Waals surface area contributed by atoms with Crippen molar-refractivity contribution in [3.63, 3.8) is 0 Å². The fraction of sp³-hybridized carbons (Fsp3) is 0.450. The largest absolute Gasteiger partial charge is 0.396 e. The number of hydrogen-bond acceptors (Lipinski definition) is 4. The van der Waals surface area contributed by atoms with E-state index in [0.717, 1.165) is 31.4 Å². The number of benzene rings is 1. The van der Waals surface area contributed by atoms with Crippen molar-refractivity contribution in [3.8, 4) is 0 Å². The van der Waals surface area contributed by atoms with Gasteiger partial charge in [-0.3, -0.25) is 9.78 Å². The van der Waals surface area contributed by atoms with Gasteiger partial charge in [0.25, 0.3) is 5.91 Å². The van der Waals surface area contributed by atoms with Gasteiger partial charge in [0.2, 0.25) is 0 Å². The first-order valence-corrected chi connectivity index (χ1v) is 8.85. The third-order valence-corrected chi connectivity index (χ3v) is 5.07. The average molecular weight is 339 g/mol. The number of aliphatic hydroxyl groups excluding tert-OH is 1. The summed E-state index contributed by atoms with van der Waals surface area (Å²) in [4.78, 5) is 22.9. The summed E-state index contributed by atoms with van der Waals surface area (Å²) in [5.74, 6) is -0.0928. The first kappa shape index (κ1) is 17.5. The molecular weight excluding hydrogens is 314 g/mol. The lowest BCUT2D eigenvalue weighted by molar-refractivity contribution is 0.0224. The van der Waals surface area contributed by atoms with Gasteiger partial charge in [-0.2, -0.15) is 0 Å². The van der Waals surface area contributed by atoms with E-state index in [4.69, 9.17) is 0 Å². The normalized spacial score (nSPS) is 20.5. The van der Waals surface area contributed by atoms with Gasteiger partial charge in [0.15, 0.2) is 0 Å². The van der Waals surface area contributed by atoms with E-state index in [0.29, 0.717) is 18.8 Å². The summed E-state index contributed by atoms with van der Waals surface area (Å²) in [6, 6.07) is 10.3. The Balaban J connectivity index is 1.69. The molecule has 3 rings (SSSR count). The van der Waals surface area contributed by atoms with Gasteiger partial charge in [0.05, 0.1) is 18.5 Å². The third kappa shape index (κ3) is 4.23. The molecule has 1 fully saturated rings. The Hall–Kier alpha value is -2.27. The Morgan fingerprint density at radius 3 is 2.72 bits per heavy atom. The van der Waals surface area contributed by atoms with Crippen LogP contribution in [0.25, 0.3) is 0 Å². The molecule has 1 atom stereocenters. The Labute approximate surface area is 148 Å². The predicted molar refractivity (Wildman–Crippen MR) is 96.2 cm³/mol. The fourth-order valence-corrected chi connectivity index (χ4v) is 3.51. The molecule has 2 aromatic rings. The standard InChI is InChI=1S/C20H25N3O2/c1-16-12-22-18(13-21-16)19(25)23-11-5-9-20(14-23,15-24)10-8-17-6-3-2-4-7-17/h2-4,6-7,12-13,24H,5,8-11,14-15H2,1H3. The van der Waals surface area contributed by atoms with Gasteiger partial charge < -0.3 is 10.0 Å². The van der Waals surface area contributed by atoms with Crippen molar-refractivity contribution >= 4 is 5.91 Å². The van der Waals surface area contributed by atoms with E-state index in [9.17, 15) is 9.90 Å². The molecule has 2 heterocycles. The zero-order valence-electron chi connectivity index (χ0n) is 14.7. The number of aryl methyl sites for hydroxylation is 2. The molecule has 1 aliphatic rings. The highest BCUT2D eigenvalue weighted by Gasteiger charge is 2.37. The van der Waals surface area contributed by atoms with E-state index in [1.165, 1.54) is 11.8 Å². The first-order valence-electron chi connectivity index (χ1n) is 8.85. The maximum atomic E-state index is 12.7. The summed E-state index contributed by atoms with van der Waals surface area (Å²) in [6.07, 6.45) is 6.79.